The van der Waals surface area contributed by atoms with Gasteiger partial charge >= 0.3 is 0 Å². The van der Waals surface area contributed by atoms with Gasteiger partial charge < -0.3 is 11.1 Å². The molecule has 2 aromatic rings. The summed E-state index contributed by atoms with van der Waals surface area (Å²) in [5, 5.41) is 6.59. The third-order valence-electron chi connectivity index (χ3n) is 2.95. The number of hydrogen-bond donors (Lipinski definition) is 2. The van der Waals surface area contributed by atoms with Gasteiger partial charge in [-0.2, -0.15) is 5.10 Å². The molecule has 6 heteroatoms. The molecule has 0 aliphatic heterocycles. The van der Waals surface area contributed by atoms with Crippen LogP contribution in [0.4, 0.5) is 10.2 Å². The Balaban J connectivity index is 2.16. The van der Waals surface area contributed by atoms with Crippen LogP contribution in [0, 0.1) is 5.82 Å². The molecule has 0 aliphatic carbocycles. The Morgan fingerprint density at radius 2 is 2.16 bits per heavy atom. The van der Waals surface area contributed by atoms with Crippen LogP contribution in [-0.4, -0.2) is 15.7 Å². The highest BCUT2D eigenvalue weighted by atomic mass is 19.1. The van der Waals surface area contributed by atoms with E-state index < -0.39 is 6.04 Å². The number of nitrogen functional groups attached to an aromatic ring is 1. The first-order valence-electron chi connectivity index (χ1n) is 5.83. The molecule has 19 heavy (non-hydrogen) atoms. The van der Waals surface area contributed by atoms with E-state index >= 15 is 0 Å². The Hall–Kier alpha value is -2.37. The van der Waals surface area contributed by atoms with Gasteiger partial charge in [-0.25, -0.2) is 4.39 Å². The second-order valence-electron chi connectivity index (χ2n) is 4.28. The monoisotopic (exact) mass is 262 g/mol. The molecule has 1 aromatic heterocycles. The fraction of sp³-hybridized carbons (Fsp3) is 0.231. The number of nitrogens with one attached hydrogen (secondary N) is 1. The standard InChI is InChI=1S/C13H15FN4O/c1-8(9-5-3-4-6-11(9)14)17-13(19)10-7-16-18(2)12(10)15/h3-8H,15H2,1-2H3,(H,17,19). The highest BCUT2D eigenvalue weighted by molar-refractivity contribution is 5.98. The predicted octanol–water partition coefficient (Wildman–Crippen LogP) is 1.63. The quantitative estimate of drug-likeness (QED) is 0.883. The summed E-state index contributed by atoms with van der Waals surface area (Å²) in [5.74, 6) is -0.450. The van der Waals surface area contributed by atoms with Gasteiger partial charge in [0.1, 0.15) is 17.2 Å². The van der Waals surface area contributed by atoms with Crippen LogP contribution >= 0.6 is 0 Å². The number of nitrogens with zero attached hydrogens (tertiary/aromatic N) is 2. The minimum atomic E-state index is -0.451. The lowest BCUT2D eigenvalue weighted by atomic mass is 10.1. The number of amides is 1. The van der Waals surface area contributed by atoms with Crippen molar-refractivity contribution in [2.45, 2.75) is 13.0 Å². The van der Waals surface area contributed by atoms with E-state index in [1.165, 1.54) is 16.9 Å². The van der Waals surface area contributed by atoms with Gasteiger partial charge in [0.25, 0.3) is 5.91 Å². The Bertz CT molecular complexity index is 608. The average Bonchev–Trinajstić information content (AvgIpc) is 2.70. The predicted molar refractivity (Wildman–Crippen MR) is 69.9 cm³/mol. The van der Waals surface area contributed by atoms with Gasteiger partial charge in [-0.1, -0.05) is 18.2 Å². The summed E-state index contributed by atoms with van der Waals surface area (Å²) in [7, 11) is 1.65. The molecule has 1 aromatic carbocycles. The number of nitrogens with two attached hydrogens (primary N) is 1. The lowest BCUT2D eigenvalue weighted by Gasteiger charge is -2.14. The molecular weight excluding hydrogens is 247 g/mol. The SMILES string of the molecule is CC(NC(=O)c1cnn(C)c1N)c1ccccc1F. The Kier molecular flexibility index (Phi) is 3.50. The summed E-state index contributed by atoms with van der Waals surface area (Å²) in [6, 6.07) is 5.86. The van der Waals surface area contributed by atoms with Gasteiger partial charge in [-0.3, -0.25) is 9.48 Å². The van der Waals surface area contributed by atoms with E-state index in [0.717, 1.165) is 0 Å². The van der Waals surface area contributed by atoms with Gasteiger partial charge in [0.05, 0.1) is 12.2 Å². The first kappa shape index (κ1) is 13.1. The molecule has 3 N–H and O–H groups in total. The molecule has 0 bridgehead atoms. The third-order valence-corrected chi connectivity index (χ3v) is 2.95. The molecule has 1 heterocycles. The van der Waals surface area contributed by atoms with Crippen LogP contribution in [0.15, 0.2) is 30.5 Å². The van der Waals surface area contributed by atoms with Crippen molar-refractivity contribution in [1.29, 1.82) is 0 Å². The normalized spacial score (nSPS) is 12.2. The van der Waals surface area contributed by atoms with E-state index in [2.05, 4.69) is 10.4 Å². The minimum Gasteiger partial charge on any atom is -0.383 e. The fourth-order valence-electron chi connectivity index (χ4n) is 1.80. The zero-order valence-electron chi connectivity index (χ0n) is 10.7. The zero-order chi connectivity index (χ0) is 14.0. The topological polar surface area (TPSA) is 72.9 Å². The van der Waals surface area contributed by atoms with E-state index in [4.69, 9.17) is 5.73 Å². The first-order valence-corrected chi connectivity index (χ1v) is 5.83. The van der Waals surface area contributed by atoms with Crippen molar-refractivity contribution in [2.75, 3.05) is 5.73 Å². The summed E-state index contributed by atoms with van der Waals surface area (Å²) < 4.78 is 15.0. The van der Waals surface area contributed by atoms with Gasteiger partial charge in [-0.05, 0) is 13.0 Å². The molecule has 1 atom stereocenters. The molecule has 0 saturated heterocycles. The molecule has 5 nitrogen and oxygen atoms in total. The summed E-state index contributed by atoms with van der Waals surface area (Å²) in [6.07, 6.45) is 1.39. The van der Waals surface area contributed by atoms with E-state index in [0.29, 0.717) is 5.56 Å². The maximum atomic E-state index is 13.6. The zero-order valence-corrected chi connectivity index (χ0v) is 10.7. The number of anilines is 1. The van der Waals surface area contributed by atoms with Crippen LogP contribution in [0.25, 0.3) is 0 Å². The maximum Gasteiger partial charge on any atom is 0.257 e. The number of hydrogen-bond acceptors (Lipinski definition) is 3. The largest absolute Gasteiger partial charge is 0.383 e. The molecule has 0 radical (unpaired) electrons. The maximum absolute atomic E-state index is 13.6. The third kappa shape index (κ3) is 2.57. The lowest BCUT2D eigenvalue weighted by Crippen LogP contribution is -2.27. The summed E-state index contributed by atoms with van der Waals surface area (Å²) in [6.45, 7) is 1.71. The Morgan fingerprint density at radius 3 is 2.74 bits per heavy atom. The van der Waals surface area contributed by atoms with Crippen LogP contribution in [0.2, 0.25) is 0 Å². The molecule has 0 saturated carbocycles. The van der Waals surface area contributed by atoms with Crippen molar-refractivity contribution in [1.82, 2.24) is 15.1 Å². The van der Waals surface area contributed by atoms with Gasteiger partial charge in [0.15, 0.2) is 0 Å². The van der Waals surface area contributed by atoms with Crippen molar-refractivity contribution >= 4 is 11.7 Å². The number of carbonyl (C=O) groups excluding carboxylic acids is 1. The van der Waals surface area contributed by atoms with E-state index in [9.17, 15) is 9.18 Å². The van der Waals surface area contributed by atoms with Gasteiger partial charge in [0, 0.05) is 12.6 Å². The highest BCUT2D eigenvalue weighted by Gasteiger charge is 2.18. The van der Waals surface area contributed by atoms with Crippen molar-refractivity contribution in [2.24, 2.45) is 7.05 Å². The molecule has 100 valence electrons. The highest BCUT2D eigenvalue weighted by Crippen LogP contribution is 2.17. The second kappa shape index (κ2) is 5.09. The molecule has 0 fully saturated rings. The van der Waals surface area contributed by atoms with Crippen molar-refractivity contribution in [3.8, 4) is 0 Å². The second-order valence-corrected chi connectivity index (χ2v) is 4.28. The smallest absolute Gasteiger partial charge is 0.257 e. The fourth-order valence-corrected chi connectivity index (χ4v) is 1.80. The number of aromatic nitrogens is 2. The van der Waals surface area contributed by atoms with E-state index in [1.54, 1.807) is 32.2 Å². The number of rotatable bonds is 3. The van der Waals surface area contributed by atoms with Crippen molar-refractivity contribution in [3.05, 3.63) is 47.4 Å². The van der Waals surface area contributed by atoms with Gasteiger partial charge in [-0.15, -0.1) is 0 Å². The molecule has 1 unspecified atom stereocenters. The summed E-state index contributed by atoms with van der Waals surface area (Å²) in [5.41, 5.74) is 6.43. The first-order chi connectivity index (χ1) is 9.00. The number of benzene rings is 1. The molecule has 2 rings (SSSR count). The summed E-state index contributed by atoms with van der Waals surface area (Å²) in [4.78, 5) is 12.0. The average molecular weight is 262 g/mol. The van der Waals surface area contributed by atoms with Crippen molar-refractivity contribution < 1.29 is 9.18 Å². The van der Waals surface area contributed by atoms with Crippen molar-refractivity contribution in [3.63, 3.8) is 0 Å². The van der Waals surface area contributed by atoms with E-state index in [1.807, 2.05) is 0 Å². The number of carbonyl (C=O) groups is 1. The molecule has 1 amide bonds. The molecule has 0 spiro atoms. The van der Waals surface area contributed by atoms with Crippen LogP contribution in [0.3, 0.4) is 0 Å². The molecule has 0 aliphatic rings. The van der Waals surface area contributed by atoms with Crippen LogP contribution in [0.1, 0.15) is 28.9 Å². The minimum absolute atomic E-state index is 0.276. The van der Waals surface area contributed by atoms with Crippen LogP contribution < -0.4 is 11.1 Å². The Morgan fingerprint density at radius 1 is 1.47 bits per heavy atom. The van der Waals surface area contributed by atoms with Crippen LogP contribution in [-0.2, 0) is 7.05 Å². The number of halogens is 1. The summed E-state index contributed by atoms with van der Waals surface area (Å²) >= 11 is 0. The van der Waals surface area contributed by atoms with Gasteiger partial charge in [0.2, 0.25) is 0 Å². The number of aryl methyl sites for hydroxylation is 1. The van der Waals surface area contributed by atoms with Crippen LogP contribution in [0.5, 0.6) is 0 Å². The van der Waals surface area contributed by atoms with E-state index in [-0.39, 0.29) is 23.1 Å². The lowest BCUT2D eigenvalue weighted by molar-refractivity contribution is 0.0940. The Labute approximate surface area is 110 Å². The molecular formula is C13H15FN4O.